The molecule has 0 aliphatic heterocycles. The van der Waals surface area contributed by atoms with E-state index in [0.29, 0.717) is 12.0 Å². The van der Waals surface area contributed by atoms with Crippen molar-refractivity contribution in [2.24, 2.45) is 11.8 Å². The van der Waals surface area contributed by atoms with Crippen molar-refractivity contribution in [3.8, 4) is 0 Å². The van der Waals surface area contributed by atoms with E-state index in [0.717, 1.165) is 12.3 Å². The number of amides is 1. The smallest absolute Gasteiger partial charge is 0.322 e. The van der Waals surface area contributed by atoms with Gasteiger partial charge in [0.1, 0.15) is 6.54 Å². The maximum atomic E-state index is 11.4. The molecule has 0 aromatic carbocycles. The lowest BCUT2D eigenvalue weighted by molar-refractivity contribution is -0.137. The first kappa shape index (κ1) is 16.0. The number of carboxylic acid groups (broad SMARTS) is 1. The minimum absolute atomic E-state index is 0.218. The molecule has 19 heavy (non-hydrogen) atoms. The number of hydrogen-bond acceptors (Lipinski definition) is 3. The van der Waals surface area contributed by atoms with Crippen LogP contribution in [0.5, 0.6) is 0 Å². The molecule has 5 nitrogen and oxygen atoms in total. The zero-order valence-corrected chi connectivity index (χ0v) is 11.9. The summed E-state index contributed by atoms with van der Waals surface area (Å²) in [6.45, 7) is 4.38. The Hall–Kier alpha value is -1.10. The molecule has 0 aromatic rings. The van der Waals surface area contributed by atoms with Crippen LogP contribution in [-0.4, -0.2) is 36.1 Å². The third kappa shape index (κ3) is 6.57. The number of carboxylic acids is 1. The molecule has 1 rings (SSSR count). The quantitative estimate of drug-likeness (QED) is 0.622. The van der Waals surface area contributed by atoms with Gasteiger partial charge in [0.2, 0.25) is 5.91 Å². The summed E-state index contributed by atoms with van der Waals surface area (Å²) >= 11 is 0. The summed E-state index contributed by atoms with van der Waals surface area (Å²) in [5.41, 5.74) is 0. The van der Waals surface area contributed by atoms with Crippen LogP contribution in [0.3, 0.4) is 0 Å². The van der Waals surface area contributed by atoms with Crippen molar-refractivity contribution in [3.63, 3.8) is 0 Å². The molecule has 1 aliphatic carbocycles. The first-order chi connectivity index (χ1) is 8.99. The highest BCUT2D eigenvalue weighted by Crippen LogP contribution is 2.30. The molecule has 0 heterocycles. The minimum Gasteiger partial charge on any atom is -0.480 e. The summed E-state index contributed by atoms with van der Waals surface area (Å²) in [4.78, 5) is 21.8. The van der Waals surface area contributed by atoms with Crippen LogP contribution in [0, 0.1) is 11.8 Å². The Morgan fingerprint density at radius 2 is 2.00 bits per heavy atom. The number of rotatable bonds is 8. The van der Waals surface area contributed by atoms with Gasteiger partial charge in [0.25, 0.3) is 0 Å². The minimum atomic E-state index is -1.01. The second-order valence-electron chi connectivity index (χ2n) is 5.82. The first-order valence-electron chi connectivity index (χ1n) is 7.21. The summed E-state index contributed by atoms with van der Waals surface area (Å²) in [7, 11) is 0. The first-order valence-corrected chi connectivity index (χ1v) is 7.21. The fourth-order valence-electron chi connectivity index (χ4n) is 2.66. The van der Waals surface area contributed by atoms with Gasteiger partial charge < -0.3 is 15.7 Å². The maximum Gasteiger partial charge on any atom is 0.322 e. The van der Waals surface area contributed by atoms with Crippen molar-refractivity contribution in [3.05, 3.63) is 0 Å². The Labute approximate surface area is 115 Å². The third-order valence-corrected chi connectivity index (χ3v) is 3.74. The third-order valence-electron chi connectivity index (χ3n) is 3.74. The molecule has 0 radical (unpaired) electrons. The Balaban J connectivity index is 2.23. The van der Waals surface area contributed by atoms with Gasteiger partial charge in [0, 0.05) is 6.04 Å². The Kier molecular flexibility index (Phi) is 6.84. The van der Waals surface area contributed by atoms with Gasteiger partial charge in [0.05, 0.1) is 6.54 Å². The monoisotopic (exact) mass is 270 g/mol. The van der Waals surface area contributed by atoms with E-state index in [-0.39, 0.29) is 19.0 Å². The fourth-order valence-corrected chi connectivity index (χ4v) is 2.66. The standard InChI is InChI=1S/C14H26N2O3/c1-10(2)6-7-11-4-3-5-12(11)15-8-13(17)16-9-14(18)19/h10-12,15H,3-9H2,1-2H3,(H,16,17)(H,18,19). The van der Waals surface area contributed by atoms with E-state index in [1.807, 2.05) is 0 Å². The van der Waals surface area contributed by atoms with E-state index >= 15 is 0 Å². The molecule has 110 valence electrons. The highest BCUT2D eigenvalue weighted by molar-refractivity contribution is 5.82. The topological polar surface area (TPSA) is 78.4 Å². The number of carbonyl (C=O) groups is 2. The van der Waals surface area contributed by atoms with Crippen molar-refractivity contribution in [1.29, 1.82) is 0 Å². The average molecular weight is 270 g/mol. The zero-order valence-electron chi connectivity index (χ0n) is 11.9. The predicted octanol–water partition coefficient (Wildman–Crippen LogP) is 1.38. The molecule has 3 N–H and O–H groups in total. The molecule has 1 saturated carbocycles. The lowest BCUT2D eigenvalue weighted by Crippen LogP contribution is -2.42. The summed E-state index contributed by atoms with van der Waals surface area (Å²) < 4.78 is 0. The van der Waals surface area contributed by atoms with Crippen molar-refractivity contribution in [2.75, 3.05) is 13.1 Å². The van der Waals surface area contributed by atoms with Gasteiger partial charge in [-0.25, -0.2) is 0 Å². The van der Waals surface area contributed by atoms with Gasteiger partial charge in [-0.1, -0.05) is 26.7 Å². The fraction of sp³-hybridized carbons (Fsp3) is 0.857. The van der Waals surface area contributed by atoms with E-state index in [9.17, 15) is 9.59 Å². The molecule has 1 amide bonds. The van der Waals surface area contributed by atoms with Gasteiger partial charge in [-0.05, 0) is 31.1 Å². The van der Waals surface area contributed by atoms with Crippen molar-refractivity contribution < 1.29 is 14.7 Å². The van der Waals surface area contributed by atoms with Gasteiger partial charge in [-0.2, -0.15) is 0 Å². The molecule has 0 aromatic heterocycles. The van der Waals surface area contributed by atoms with Crippen LogP contribution in [0.4, 0.5) is 0 Å². The molecule has 0 saturated heterocycles. The van der Waals surface area contributed by atoms with Gasteiger partial charge in [0.15, 0.2) is 0 Å². The van der Waals surface area contributed by atoms with Gasteiger partial charge >= 0.3 is 5.97 Å². The van der Waals surface area contributed by atoms with E-state index < -0.39 is 5.97 Å². The van der Waals surface area contributed by atoms with Gasteiger partial charge in [-0.15, -0.1) is 0 Å². The van der Waals surface area contributed by atoms with Crippen LogP contribution in [0.25, 0.3) is 0 Å². The van der Waals surface area contributed by atoms with E-state index in [2.05, 4.69) is 24.5 Å². The van der Waals surface area contributed by atoms with E-state index in [1.54, 1.807) is 0 Å². The second kappa shape index (κ2) is 8.15. The number of nitrogens with one attached hydrogen (secondary N) is 2. The zero-order chi connectivity index (χ0) is 14.3. The summed E-state index contributed by atoms with van der Waals surface area (Å²) in [6.07, 6.45) is 6.02. The van der Waals surface area contributed by atoms with Gasteiger partial charge in [-0.3, -0.25) is 9.59 Å². The summed E-state index contributed by atoms with van der Waals surface area (Å²) in [5.74, 6) is 0.135. The Bertz CT molecular complexity index is 305. The molecular formula is C14H26N2O3. The lowest BCUT2D eigenvalue weighted by atomic mass is 9.94. The number of carbonyl (C=O) groups excluding carboxylic acids is 1. The molecule has 1 fully saturated rings. The number of aliphatic carboxylic acids is 1. The maximum absolute atomic E-state index is 11.4. The van der Waals surface area contributed by atoms with Crippen molar-refractivity contribution in [1.82, 2.24) is 10.6 Å². The van der Waals surface area contributed by atoms with E-state index in [4.69, 9.17) is 5.11 Å². The molecule has 0 bridgehead atoms. The highest BCUT2D eigenvalue weighted by Gasteiger charge is 2.26. The largest absolute Gasteiger partial charge is 0.480 e. The molecule has 0 spiro atoms. The van der Waals surface area contributed by atoms with E-state index in [1.165, 1.54) is 25.7 Å². The van der Waals surface area contributed by atoms with Crippen LogP contribution in [0.1, 0.15) is 46.0 Å². The highest BCUT2D eigenvalue weighted by atomic mass is 16.4. The van der Waals surface area contributed by atoms with Crippen molar-refractivity contribution >= 4 is 11.9 Å². The van der Waals surface area contributed by atoms with Crippen molar-refractivity contribution in [2.45, 2.75) is 52.0 Å². The summed E-state index contributed by atoms with van der Waals surface area (Å²) in [5, 5.41) is 14.1. The second-order valence-corrected chi connectivity index (χ2v) is 5.82. The van der Waals surface area contributed by atoms with Crippen LogP contribution < -0.4 is 10.6 Å². The van der Waals surface area contributed by atoms with Crippen LogP contribution in [0.15, 0.2) is 0 Å². The molecule has 2 atom stereocenters. The average Bonchev–Trinajstić information content (AvgIpc) is 2.78. The normalized spacial score (nSPS) is 22.7. The molecule has 1 aliphatic rings. The van der Waals surface area contributed by atoms with Crippen LogP contribution >= 0.6 is 0 Å². The SMILES string of the molecule is CC(C)CCC1CCCC1NCC(=O)NCC(=O)O. The Morgan fingerprint density at radius 3 is 2.63 bits per heavy atom. The van der Waals surface area contributed by atoms with Crippen LogP contribution in [0.2, 0.25) is 0 Å². The molecule has 5 heteroatoms. The van der Waals surface area contributed by atoms with Crippen LogP contribution in [-0.2, 0) is 9.59 Å². The molecular weight excluding hydrogens is 244 g/mol. The summed E-state index contributed by atoms with van der Waals surface area (Å²) in [6, 6.07) is 0.411. The number of hydrogen-bond donors (Lipinski definition) is 3. The molecule has 2 unspecified atom stereocenters. The Morgan fingerprint density at radius 1 is 1.26 bits per heavy atom. The predicted molar refractivity (Wildman–Crippen MR) is 73.8 cm³/mol. The lowest BCUT2D eigenvalue weighted by Gasteiger charge is -2.21.